The summed E-state index contributed by atoms with van der Waals surface area (Å²) in [5.74, 6) is -0.142. The van der Waals surface area contributed by atoms with Crippen LogP contribution in [0.15, 0.2) is 113 Å². The molecule has 38 heavy (non-hydrogen) atoms. The fraction of sp³-hybridized carbons (Fsp3) is 0.0370. The van der Waals surface area contributed by atoms with E-state index in [2.05, 4.69) is 15.2 Å². The minimum atomic E-state index is -4.37. The summed E-state index contributed by atoms with van der Waals surface area (Å²) in [6, 6.07) is 26.7. The van der Waals surface area contributed by atoms with Crippen molar-refractivity contribution >= 4 is 38.6 Å². The van der Waals surface area contributed by atoms with E-state index in [1.807, 2.05) is 0 Å². The van der Waals surface area contributed by atoms with Gasteiger partial charge in [-0.25, -0.2) is 8.42 Å². The normalized spacial score (nSPS) is 11.4. The number of hydrogen-bond donors (Lipinski definition) is 2. The quantitative estimate of drug-likeness (QED) is 0.126. The van der Waals surface area contributed by atoms with E-state index in [1.54, 1.807) is 78.9 Å². The topological polar surface area (TPSA) is 140 Å². The highest BCUT2D eigenvalue weighted by molar-refractivity contribution is 7.93. The monoisotopic (exact) mass is 530 g/mol. The summed E-state index contributed by atoms with van der Waals surface area (Å²) in [5.41, 5.74) is 3.16. The minimum Gasteiger partial charge on any atom is -0.495 e. The van der Waals surface area contributed by atoms with Gasteiger partial charge in [-0.1, -0.05) is 72.8 Å². The maximum absolute atomic E-state index is 13.4. The van der Waals surface area contributed by atoms with Crippen molar-refractivity contribution in [3.05, 3.63) is 124 Å². The van der Waals surface area contributed by atoms with Crippen molar-refractivity contribution in [3.63, 3.8) is 0 Å². The summed E-state index contributed by atoms with van der Waals surface area (Å²) in [6.45, 7) is 0. The minimum absolute atomic E-state index is 0.0242. The van der Waals surface area contributed by atoms with Crippen molar-refractivity contribution in [2.75, 3.05) is 17.3 Å². The molecule has 4 rings (SSSR count). The Hall–Kier alpha value is -5.03. The number of nitro groups is 1. The number of benzene rings is 4. The first-order valence-corrected chi connectivity index (χ1v) is 12.7. The van der Waals surface area contributed by atoms with E-state index in [9.17, 15) is 23.3 Å². The van der Waals surface area contributed by atoms with E-state index in [-0.39, 0.29) is 22.8 Å². The average Bonchev–Trinajstić information content (AvgIpc) is 2.94. The Morgan fingerprint density at radius 1 is 0.842 bits per heavy atom. The van der Waals surface area contributed by atoms with Gasteiger partial charge in [0.1, 0.15) is 16.4 Å². The number of nitro benzene ring substituents is 1. The van der Waals surface area contributed by atoms with Crippen LogP contribution in [0.3, 0.4) is 0 Å². The molecular formula is C27H22N4O6S. The molecule has 10 nitrogen and oxygen atoms in total. The Balaban J connectivity index is 1.78. The van der Waals surface area contributed by atoms with Gasteiger partial charge in [0.2, 0.25) is 5.78 Å². The Kier molecular flexibility index (Phi) is 7.78. The first-order chi connectivity index (χ1) is 18.3. The maximum atomic E-state index is 13.4. The van der Waals surface area contributed by atoms with Crippen molar-refractivity contribution < 1.29 is 22.9 Å². The van der Waals surface area contributed by atoms with Crippen LogP contribution in [-0.2, 0) is 10.0 Å². The third-order valence-corrected chi connectivity index (χ3v) is 6.81. The van der Waals surface area contributed by atoms with Crippen LogP contribution in [0.1, 0.15) is 15.9 Å². The molecule has 4 aromatic rings. The van der Waals surface area contributed by atoms with Gasteiger partial charge in [-0.3, -0.25) is 25.1 Å². The van der Waals surface area contributed by atoms with E-state index < -0.39 is 31.3 Å². The largest absolute Gasteiger partial charge is 0.495 e. The van der Waals surface area contributed by atoms with Crippen LogP contribution in [0.4, 0.5) is 17.1 Å². The summed E-state index contributed by atoms with van der Waals surface area (Å²) < 4.78 is 34.4. The van der Waals surface area contributed by atoms with Crippen LogP contribution >= 0.6 is 0 Å². The van der Waals surface area contributed by atoms with E-state index in [1.165, 1.54) is 19.2 Å². The number of nitrogens with one attached hydrogen (secondary N) is 2. The van der Waals surface area contributed by atoms with Gasteiger partial charge < -0.3 is 4.74 Å². The summed E-state index contributed by atoms with van der Waals surface area (Å²) in [4.78, 5) is 23.6. The summed E-state index contributed by atoms with van der Waals surface area (Å²) in [6.07, 6.45) is 0. The number of carbonyl (C=O) groups excluding carboxylic acids is 1. The first-order valence-electron chi connectivity index (χ1n) is 11.2. The molecule has 0 radical (unpaired) electrons. The second kappa shape index (κ2) is 11.4. The zero-order valence-corrected chi connectivity index (χ0v) is 20.9. The highest BCUT2D eigenvalue weighted by atomic mass is 32.2. The lowest BCUT2D eigenvalue weighted by molar-refractivity contribution is -0.385. The number of rotatable bonds is 10. The lowest BCUT2D eigenvalue weighted by Gasteiger charge is -2.14. The van der Waals surface area contributed by atoms with E-state index in [0.717, 1.165) is 12.1 Å². The summed E-state index contributed by atoms with van der Waals surface area (Å²) in [5, 5.41) is 15.7. The molecule has 0 saturated heterocycles. The molecule has 0 aliphatic heterocycles. The number of carbonyl (C=O) groups is 1. The van der Waals surface area contributed by atoms with Gasteiger partial charge in [0.15, 0.2) is 0 Å². The van der Waals surface area contributed by atoms with Crippen LogP contribution in [0.25, 0.3) is 0 Å². The number of Topliss-reactive ketones (excluding diaryl/α,β-unsaturated/α-hetero) is 1. The van der Waals surface area contributed by atoms with Crippen LogP contribution in [0.5, 0.6) is 5.75 Å². The number of hydrogen-bond acceptors (Lipinski definition) is 8. The van der Waals surface area contributed by atoms with E-state index >= 15 is 0 Å². The molecule has 0 spiro atoms. The average molecular weight is 531 g/mol. The smallest absolute Gasteiger partial charge is 0.270 e. The molecule has 0 saturated carbocycles. The highest BCUT2D eigenvalue weighted by Crippen LogP contribution is 2.31. The Morgan fingerprint density at radius 3 is 2.08 bits per heavy atom. The second-order valence-electron chi connectivity index (χ2n) is 7.88. The van der Waals surface area contributed by atoms with Gasteiger partial charge in [0.05, 0.1) is 23.4 Å². The zero-order valence-electron chi connectivity index (χ0n) is 20.1. The van der Waals surface area contributed by atoms with Gasteiger partial charge in [0, 0.05) is 23.3 Å². The molecule has 0 amide bonds. The molecule has 0 aliphatic carbocycles. The Labute approximate surface area is 218 Å². The standard InChI is InChI=1S/C27H22N4O6S/c1-37-24-15-9-8-14-22(24)30-38(35,36)25-18-21(31(33)34)16-17-23(25)28-29-26(19-10-4-2-5-11-19)27(32)20-12-6-3-7-13-20/h2-18,28,30H,1H3/b29-26+. The molecule has 0 aliphatic rings. The predicted octanol–water partition coefficient (Wildman–Crippen LogP) is 5.10. The Bertz CT molecular complexity index is 1610. The fourth-order valence-electron chi connectivity index (χ4n) is 3.55. The molecule has 11 heteroatoms. The zero-order chi connectivity index (χ0) is 27.1. The number of nitrogens with zero attached hydrogens (tertiary/aromatic N) is 2. The summed E-state index contributed by atoms with van der Waals surface area (Å²) in [7, 11) is -2.98. The molecule has 0 fully saturated rings. The predicted molar refractivity (Wildman–Crippen MR) is 144 cm³/mol. The third-order valence-electron chi connectivity index (χ3n) is 5.40. The molecule has 0 atom stereocenters. The number of methoxy groups -OCH3 is 1. The van der Waals surface area contributed by atoms with Gasteiger partial charge in [-0.05, 0) is 18.2 Å². The van der Waals surface area contributed by atoms with Crippen molar-refractivity contribution in [2.24, 2.45) is 5.10 Å². The molecule has 0 bridgehead atoms. The van der Waals surface area contributed by atoms with Crippen LogP contribution in [0, 0.1) is 10.1 Å². The molecule has 2 N–H and O–H groups in total. The third kappa shape index (κ3) is 5.85. The number of para-hydroxylation sites is 2. The molecular weight excluding hydrogens is 508 g/mol. The fourth-order valence-corrected chi connectivity index (χ4v) is 4.80. The number of sulfonamides is 1. The van der Waals surface area contributed by atoms with Gasteiger partial charge in [-0.15, -0.1) is 0 Å². The molecule has 0 aromatic heterocycles. The number of ether oxygens (including phenoxy) is 1. The summed E-state index contributed by atoms with van der Waals surface area (Å²) >= 11 is 0. The van der Waals surface area contributed by atoms with Crippen molar-refractivity contribution in [1.82, 2.24) is 0 Å². The number of anilines is 2. The molecule has 0 heterocycles. The van der Waals surface area contributed by atoms with Crippen LogP contribution in [0.2, 0.25) is 0 Å². The Morgan fingerprint density at radius 2 is 1.45 bits per heavy atom. The highest BCUT2D eigenvalue weighted by Gasteiger charge is 2.24. The van der Waals surface area contributed by atoms with E-state index in [4.69, 9.17) is 4.74 Å². The lowest BCUT2D eigenvalue weighted by Crippen LogP contribution is -2.19. The van der Waals surface area contributed by atoms with Crippen LogP contribution < -0.4 is 14.9 Å². The van der Waals surface area contributed by atoms with Crippen LogP contribution in [-0.4, -0.2) is 31.9 Å². The molecule has 4 aromatic carbocycles. The second-order valence-corrected chi connectivity index (χ2v) is 9.53. The molecule has 192 valence electrons. The van der Waals surface area contributed by atoms with Gasteiger partial charge in [0.25, 0.3) is 15.7 Å². The maximum Gasteiger partial charge on any atom is 0.270 e. The number of hydrazone groups is 1. The van der Waals surface area contributed by atoms with Crippen molar-refractivity contribution in [2.45, 2.75) is 4.90 Å². The lowest BCUT2D eigenvalue weighted by atomic mass is 10.0. The SMILES string of the molecule is COc1ccccc1NS(=O)(=O)c1cc([N+](=O)[O-])ccc1N/N=C(/C(=O)c1ccccc1)c1ccccc1. The number of ketones is 1. The van der Waals surface area contributed by atoms with Gasteiger partial charge >= 0.3 is 0 Å². The van der Waals surface area contributed by atoms with Crippen molar-refractivity contribution in [3.8, 4) is 5.75 Å². The van der Waals surface area contributed by atoms with Gasteiger partial charge in [-0.2, -0.15) is 5.10 Å². The van der Waals surface area contributed by atoms with E-state index in [0.29, 0.717) is 11.1 Å². The first kappa shape index (κ1) is 26.0. The number of non-ortho nitro benzene ring substituents is 1. The molecule has 0 unspecified atom stereocenters. The van der Waals surface area contributed by atoms with Crippen molar-refractivity contribution in [1.29, 1.82) is 0 Å².